The Morgan fingerprint density at radius 1 is 0.962 bits per heavy atom. The maximum atomic E-state index is 2.70. The summed E-state index contributed by atoms with van der Waals surface area (Å²) in [6, 6.07) is 19.1. The Hall–Kier alpha value is -1.84. The minimum Gasteiger partial charge on any atom is -0.367 e. The van der Waals surface area contributed by atoms with Gasteiger partial charge in [-0.05, 0) is 38.0 Å². The summed E-state index contributed by atoms with van der Waals surface area (Å²) < 4.78 is 0. The van der Waals surface area contributed by atoms with Crippen LogP contribution in [0.4, 0.5) is 5.69 Å². The van der Waals surface area contributed by atoms with Gasteiger partial charge in [0.2, 0.25) is 0 Å². The fourth-order valence-electron chi connectivity index (χ4n) is 4.39. The van der Waals surface area contributed by atoms with Crippen LogP contribution in [0.25, 0.3) is 0 Å². The molecule has 0 bridgehead atoms. The number of hydrogen-bond acceptors (Lipinski definition) is 3. The molecule has 2 aliphatic rings. The van der Waals surface area contributed by atoms with Gasteiger partial charge < -0.3 is 4.90 Å². The minimum absolute atomic E-state index is 0.531. The van der Waals surface area contributed by atoms with Gasteiger partial charge in [-0.2, -0.15) is 0 Å². The Kier molecular flexibility index (Phi) is 5.01. The average molecular weight is 350 g/mol. The lowest BCUT2D eigenvalue weighted by Gasteiger charge is -2.42. The van der Waals surface area contributed by atoms with Crippen LogP contribution in [-0.4, -0.2) is 48.1 Å². The van der Waals surface area contributed by atoms with E-state index >= 15 is 0 Å². The smallest absolute Gasteiger partial charge is 0.0414 e. The molecule has 3 nitrogen and oxygen atoms in total. The molecule has 3 heteroatoms. The van der Waals surface area contributed by atoms with Crippen LogP contribution < -0.4 is 4.90 Å². The van der Waals surface area contributed by atoms with Gasteiger partial charge in [0.05, 0.1) is 0 Å². The summed E-state index contributed by atoms with van der Waals surface area (Å²) in [4.78, 5) is 7.95. The molecule has 138 valence electrons. The highest BCUT2D eigenvalue weighted by atomic mass is 15.3. The van der Waals surface area contributed by atoms with E-state index in [1.807, 2.05) is 0 Å². The molecule has 26 heavy (non-hydrogen) atoms. The first-order valence-electron chi connectivity index (χ1n) is 9.96. The van der Waals surface area contributed by atoms with Crippen LogP contribution in [0.1, 0.15) is 30.5 Å². The van der Waals surface area contributed by atoms with Crippen molar-refractivity contribution in [3.63, 3.8) is 0 Å². The van der Waals surface area contributed by atoms with Crippen LogP contribution in [0.5, 0.6) is 0 Å². The molecule has 2 heterocycles. The topological polar surface area (TPSA) is 9.72 Å². The Morgan fingerprint density at radius 3 is 2.50 bits per heavy atom. The molecule has 1 fully saturated rings. The predicted molar refractivity (Wildman–Crippen MR) is 110 cm³/mol. The van der Waals surface area contributed by atoms with E-state index in [1.54, 1.807) is 0 Å². The minimum atomic E-state index is 0.531. The summed E-state index contributed by atoms with van der Waals surface area (Å²) in [5, 5.41) is 0. The molecule has 2 aromatic carbocycles. The zero-order valence-corrected chi connectivity index (χ0v) is 16.4. The molecule has 0 aliphatic carbocycles. The lowest BCUT2D eigenvalue weighted by Crippen LogP contribution is -2.55. The zero-order chi connectivity index (χ0) is 18.1. The molecule has 0 spiro atoms. The summed E-state index contributed by atoms with van der Waals surface area (Å²) in [6.07, 6.45) is 0. The van der Waals surface area contributed by atoms with Crippen molar-refractivity contribution in [2.45, 2.75) is 45.9 Å². The standard InChI is InChI=1S/C23H31N3/c1-18(2)26-17-22-16-24(14-20-10-8-19(3)9-11-20)12-13-25(22)15-21-6-4-5-7-23(21)26/h4-11,18,22H,12-17H2,1-3H3. The summed E-state index contributed by atoms with van der Waals surface area (Å²) in [7, 11) is 0. The third-order valence-electron chi connectivity index (χ3n) is 5.92. The number of fused-ring (bicyclic) bond motifs is 2. The SMILES string of the molecule is Cc1ccc(CN2CCN3Cc4ccccc4N(C(C)C)CC3C2)cc1. The van der Waals surface area contributed by atoms with Crippen molar-refractivity contribution in [3.05, 3.63) is 65.2 Å². The van der Waals surface area contributed by atoms with Crippen molar-refractivity contribution in [2.24, 2.45) is 0 Å². The number of rotatable bonds is 3. The first-order chi connectivity index (χ1) is 12.6. The quantitative estimate of drug-likeness (QED) is 0.832. The molecule has 0 aromatic heterocycles. The summed E-state index contributed by atoms with van der Waals surface area (Å²) >= 11 is 0. The molecule has 1 saturated heterocycles. The fraction of sp³-hybridized carbons (Fsp3) is 0.478. The molecule has 0 amide bonds. The van der Waals surface area contributed by atoms with Crippen molar-refractivity contribution in [1.82, 2.24) is 9.80 Å². The largest absolute Gasteiger partial charge is 0.367 e. The summed E-state index contributed by atoms with van der Waals surface area (Å²) in [5.74, 6) is 0. The summed E-state index contributed by atoms with van der Waals surface area (Å²) in [5.41, 5.74) is 5.69. The second-order valence-corrected chi connectivity index (χ2v) is 8.22. The van der Waals surface area contributed by atoms with Crippen molar-refractivity contribution in [3.8, 4) is 0 Å². The highest BCUT2D eigenvalue weighted by molar-refractivity contribution is 5.55. The molecular formula is C23H31N3. The average Bonchev–Trinajstić information content (AvgIpc) is 2.80. The van der Waals surface area contributed by atoms with Gasteiger partial charge in [0.1, 0.15) is 0 Å². The van der Waals surface area contributed by atoms with Crippen LogP contribution in [0.15, 0.2) is 48.5 Å². The lowest BCUT2D eigenvalue weighted by atomic mass is 10.1. The second kappa shape index (κ2) is 7.42. The number of piperazine rings is 1. The third kappa shape index (κ3) is 3.65. The Balaban J connectivity index is 1.51. The molecule has 2 aromatic rings. The van der Waals surface area contributed by atoms with Gasteiger partial charge in [0, 0.05) is 57.0 Å². The third-order valence-corrected chi connectivity index (χ3v) is 5.92. The molecule has 0 saturated carbocycles. The highest BCUT2D eigenvalue weighted by Crippen LogP contribution is 2.30. The van der Waals surface area contributed by atoms with Crippen molar-refractivity contribution < 1.29 is 0 Å². The van der Waals surface area contributed by atoms with E-state index in [0.29, 0.717) is 12.1 Å². The number of anilines is 1. The fourth-order valence-corrected chi connectivity index (χ4v) is 4.39. The van der Waals surface area contributed by atoms with Gasteiger partial charge in [-0.1, -0.05) is 48.0 Å². The van der Waals surface area contributed by atoms with E-state index in [1.165, 1.54) is 22.4 Å². The number of para-hydroxylation sites is 1. The number of nitrogens with zero attached hydrogens (tertiary/aromatic N) is 3. The zero-order valence-electron chi connectivity index (χ0n) is 16.4. The van der Waals surface area contributed by atoms with Gasteiger partial charge in [0.15, 0.2) is 0 Å². The number of aryl methyl sites for hydroxylation is 1. The first-order valence-corrected chi connectivity index (χ1v) is 9.96. The molecule has 0 radical (unpaired) electrons. The summed E-state index contributed by atoms with van der Waals surface area (Å²) in [6.45, 7) is 13.6. The second-order valence-electron chi connectivity index (χ2n) is 8.22. The Morgan fingerprint density at radius 2 is 1.73 bits per heavy atom. The van der Waals surface area contributed by atoms with E-state index in [4.69, 9.17) is 0 Å². The van der Waals surface area contributed by atoms with Gasteiger partial charge >= 0.3 is 0 Å². The molecule has 4 rings (SSSR count). The molecule has 2 aliphatic heterocycles. The van der Waals surface area contributed by atoms with E-state index in [9.17, 15) is 0 Å². The maximum Gasteiger partial charge on any atom is 0.0414 e. The van der Waals surface area contributed by atoms with Crippen LogP contribution in [0, 0.1) is 6.92 Å². The Labute approximate surface area is 158 Å². The van der Waals surface area contributed by atoms with Crippen LogP contribution in [0.2, 0.25) is 0 Å². The van der Waals surface area contributed by atoms with Gasteiger partial charge in [0.25, 0.3) is 0 Å². The first kappa shape index (κ1) is 17.6. The number of benzene rings is 2. The van der Waals surface area contributed by atoms with Gasteiger partial charge in [-0.3, -0.25) is 9.80 Å². The highest BCUT2D eigenvalue weighted by Gasteiger charge is 2.33. The number of hydrogen-bond donors (Lipinski definition) is 0. The molecule has 0 N–H and O–H groups in total. The van der Waals surface area contributed by atoms with Crippen LogP contribution in [-0.2, 0) is 13.1 Å². The Bertz CT molecular complexity index is 737. The predicted octanol–water partition coefficient (Wildman–Crippen LogP) is 3.91. The van der Waals surface area contributed by atoms with E-state index in [-0.39, 0.29) is 0 Å². The molecule has 1 atom stereocenters. The van der Waals surface area contributed by atoms with Crippen molar-refractivity contribution in [2.75, 3.05) is 31.1 Å². The molecular weight excluding hydrogens is 318 g/mol. The van der Waals surface area contributed by atoms with Gasteiger partial charge in [-0.25, -0.2) is 0 Å². The van der Waals surface area contributed by atoms with Gasteiger partial charge in [-0.15, -0.1) is 0 Å². The van der Waals surface area contributed by atoms with Crippen molar-refractivity contribution >= 4 is 5.69 Å². The van der Waals surface area contributed by atoms with Crippen molar-refractivity contribution in [1.29, 1.82) is 0 Å². The van der Waals surface area contributed by atoms with E-state index in [2.05, 4.69) is 84.0 Å². The normalized spacial score (nSPS) is 21.4. The maximum absolute atomic E-state index is 2.70. The lowest BCUT2D eigenvalue weighted by molar-refractivity contribution is 0.0696. The van der Waals surface area contributed by atoms with E-state index in [0.717, 1.165) is 39.3 Å². The van der Waals surface area contributed by atoms with Crippen LogP contribution >= 0.6 is 0 Å². The monoisotopic (exact) mass is 349 g/mol. The van der Waals surface area contributed by atoms with Crippen LogP contribution in [0.3, 0.4) is 0 Å². The molecule has 1 unspecified atom stereocenters. The van der Waals surface area contributed by atoms with E-state index < -0.39 is 0 Å².